The number of rotatable bonds is 6. The minimum atomic E-state index is 0.136. The summed E-state index contributed by atoms with van der Waals surface area (Å²) in [6.07, 6.45) is 3.10. The molecule has 2 aromatic rings. The number of ether oxygens (including phenoxy) is 1. The summed E-state index contributed by atoms with van der Waals surface area (Å²) >= 11 is 0. The van der Waals surface area contributed by atoms with Gasteiger partial charge in [-0.15, -0.1) is 0 Å². The van der Waals surface area contributed by atoms with Crippen LogP contribution < -0.4 is 10.6 Å². The van der Waals surface area contributed by atoms with Crippen molar-refractivity contribution < 1.29 is 4.74 Å². The third-order valence-electron chi connectivity index (χ3n) is 2.47. The molecule has 0 radical (unpaired) electrons. The second kappa shape index (κ2) is 6.24. The monoisotopic (exact) mass is 278 g/mol. The SMILES string of the molecule is CC(C)OCCN(C)c1nc(N)nc(-n2cncn2)n1. The highest BCUT2D eigenvalue weighted by molar-refractivity contribution is 5.36. The maximum atomic E-state index is 5.70. The third kappa shape index (κ3) is 3.60. The lowest BCUT2D eigenvalue weighted by Gasteiger charge is -2.18. The molecule has 2 heterocycles. The number of aromatic nitrogens is 6. The van der Waals surface area contributed by atoms with E-state index in [1.807, 2.05) is 25.8 Å². The van der Waals surface area contributed by atoms with Crippen LogP contribution in [0.15, 0.2) is 12.7 Å². The van der Waals surface area contributed by atoms with Crippen molar-refractivity contribution in [1.82, 2.24) is 29.7 Å². The Morgan fingerprint density at radius 2 is 2.15 bits per heavy atom. The molecule has 0 aliphatic carbocycles. The van der Waals surface area contributed by atoms with E-state index in [9.17, 15) is 0 Å². The molecule has 0 unspecified atom stereocenters. The molecule has 0 aromatic carbocycles. The molecule has 0 atom stereocenters. The van der Waals surface area contributed by atoms with Crippen molar-refractivity contribution in [1.29, 1.82) is 0 Å². The first kappa shape index (κ1) is 14.1. The number of hydrogen-bond donors (Lipinski definition) is 1. The summed E-state index contributed by atoms with van der Waals surface area (Å²) in [6, 6.07) is 0. The molecule has 2 N–H and O–H groups in total. The van der Waals surface area contributed by atoms with Crippen LogP contribution in [0.5, 0.6) is 0 Å². The maximum Gasteiger partial charge on any atom is 0.258 e. The van der Waals surface area contributed by atoms with Gasteiger partial charge in [0.1, 0.15) is 12.7 Å². The topological polar surface area (TPSA) is 108 Å². The molecule has 108 valence electrons. The van der Waals surface area contributed by atoms with Gasteiger partial charge in [0.25, 0.3) is 5.95 Å². The summed E-state index contributed by atoms with van der Waals surface area (Å²) in [5, 5.41) is 3.97. The molecular formula is C11H18N8O. The highest BCUT2D eigenvalue weighted by Crippen LogP contribution is 2.09. The largest absolute Gasteiger partial charge is 0.377 e. The fraction of sp³-hybridized carbons (Fsp3) is 0.545. The maximum absolute atomic E-state index is 5.70. The van der Waals surface area contributed by atoms with Crippen molar-refractivity contribution in [2.45, 2.75) is 20.0 Å². The lowest BCUT2D eigenvalue weighted by atomic mass is 10.5. The summed E-state index contributed by atoms with van der Waals surface area (Å²) in [6.45, 7) is 5.21. The lowest BCUT2D eigenvalue weighted by molar-refractivity contribution is 0.0844. The van der Waals surface area contributed by atoms with E-state index in [2.05, 4.69) is 25.0 Å². The Bertz CT molecular complexity index is 541. The quantitative estimate of drug-likeness (QED) is 0.780. The van der Waals surface area contributed by atoms with Crippen LogP contribution in [0.3, 0.4) is 0 Å². The number of hydrogen-bond acceptors (Lipinski definition) is 8. The van der Waals surface area contributed by atoms with E-state index >= 15 is 0 Å². The molecule has 0 saturated heterocycles. The van der Waals surface area contributed by atoms with E-state index in [1.165, 1.54) is 17.3 Å². The smallest absolute Gasteiger partial charge is 0.258 e. The number of nitrogens with two attached hydrogens (primary N) is 1. The van der Waals surface area contributed by atoms with Gasteiger partial charge < -0.3 is 15.4 Å². The van der Waals surface area contributed by atoms with Gasteiger partial charge in [-0.2, -0.15) is 24.7 Å². The Kier molecular flexibility index (Phi) is 4.41. The molecule has 0 spiro atoms. The fourth-order valence-corrected chi connectivity index (χ4v) is 1.48. The molecule has 20 heavy (non-hydrogen) atoms. The molecule has 2 rings (SSSR count). The zero-order chi connectivity index (χ0) is 14.5. The van der Waals surface area contributed by atoms with Crippen LogP contribution in [0, 0.1) is 0 Å². The van der Waals surface area contributed by atoms with E-state index in [4.69, 9.17) is 10.5 Å². The second-order valence-electron chi connectivity index (χ2n) is 4.47. The highest BCUT2D eigenvalue weighted by Gasteiger charge is 2.10. The second-order valence-corrected chi connectivity index (χ2v) is 4.47. The van der Waals surface area contributed by atoms with Gasteiger partial charge in [0.2, 0.25) is 11.9 Å². The lowest BCUT2D eigenvalue weighted by Crippen LogP contribution is -2.26. The Morgan fingerprint density at radius 1 is 1.35 bits per heavy atom. The van der Waals surface area contributed by atoms with Gasteiger partial charge in [0.15, 0.2) is 0 Å². The van der Waals surface area contributed by atoms with Crippen LogP contribution >= 0.6 is 0 Å². The summed E-state index contributed by atoms with van der Waals surface area (Å²) < 4.78 is 6.93. The summed E-state index contributed by atoms with van der Waals surface area (Å²) in [5.41, 5.74) is 5.70. The van der Waals surface area contributed by atoms with Crippen molar-refractivity contribution in [3.05, 3.63) is 12.7 Å². The molecular weight excluding hydrogens is 260 g/mol. The van der Waals surface area contributed by atoms with Crippen LogP contribution in [0.25, 0.3) is 5.95 Å². The summed E-state index contributed by atoms with van der Waals surface area (Å²) in [7, 11) is 1.86. The number of nitrogens with zero attached hydrogens (tertiary/aromatic N) is 7. The van der Waals surface area contributed by atoms with Crippen LogP contribution in [-0.2, 0) is 4.74 Å². The van der Waals surface area contributed by atoms with Gasteiger partial charge in [-0.3, -0.25) is 0 Å². The predicted octanol–water partition coefficient (Wildman–Crippen LogP) is -0.104. The first-order chi connectivity index (χ1) is 9.56. The van der Waals surface area contributed by atoms with E-state index in [0.29, 0.717) is 25.0 Å². The normalized spacial score (nSPS) is 11.0. The number of nitrogen functional groups attached to an aromatic ring is 1. The number of anilines is 2. The van der Waals surface area contributed by atoms with E-state index in [1.54, 1.807) is 0 Å². The Labute approximate surface area is 116 Å². The zero-order valence-electron chi connectivity index (χ0n) is 11.8. The molecule has 0 aliphatic heterocycles. The van der Waals surface area contributed by atoms with Gasteiger partial charge in [-0.25, -0.2) is 4.98 Å². The standard InChI is InChI=1S/C11H18N8O/c1-8(2)20-5-4-18(3)10-15-9(12)16-11(17-10)19-7-13-6-14-19/h6-8H,4-5H2,1-3H3,(H2,12,15,16,17). The number of likely N-dealkylation sites (N-methyl/N-ethyl adjacent to an activating group) is 1. The van der Waals surface area contributed by atoms with E-state index in [-0.39, 0.29) is 12.1 Å². The van der Waals surface area contributed by atoms with Gasteiger partial charge in [0.05, 0.1) is 12.7 Å². The van der Waals surface area contributed by atoms with Crippen molar-refractivity contribution in [3.63, 3.8) is 0 Å². The summed E-state index contributed by atoms with van der Waals surface area (Å²) in [5.74, 6) is 0.939. The minimum Gasteiger partial charge on any atom is -0.377 e. The van der Waals surface area contributed by atoms with Gasteiger partial charge >= 0.3 is 0 Å². The molecule has 9 nitrogen and oxygen atoms in total. The molecule has 0 aliphatic rings. The van der Waals surface area contributed by atoms with Crippen LogP contribution in [0.2, 0.25) is 0 Å². The van der Waals surface area contributed by atoms with Gasteiger partial charge in [-0.05, 0) is 13.8 Å². The molecule has 0 fully saturated rings. The molecule has 0 bridgehead atoms. The first-order valence-electron chi connectivity index (χ1n) is 6.25. The fourth-order valence-electron chi connectivity index (χ4n) is 1.48. The Hall–Kier alpha value is -2.29. The predicted molar refractivity (Wildman–Crippen MR) is 73.5 cm³/mol. The average Bonchev–Trinajstić information content (AvgIpc) is 2.91. The highest BCUT2D eigenvalue weighted by atomic mass is 16.5. The third-order valence-corrected chi connectivity index (χ3v) is 2.47. The van der Waals surface area contributed by atoms with Gasteiger partial charge in [-0.1, -0.05) is 0 Å². The van der Waals surface area contributed by atoms with Crippen molar-refractivity contribution in [2.24, 2.45) is 0 Å². The van der Waals surface area contributed by atoms with Crippen LogP contribution in [0.1, 0.15) is 13.8 Å². The van der Waals surface area contributed by atoms with Crippen molar-refractivity contribution in [3.8, 4) is 5.95 Å². The van der Waals surface area contributed by atoms with Crippen molar-refractivity contribution in [2.75, 3.05) is 30.8 Å². The van der Waals surface area contributed by atoms with Crippen molar-refractivity contribution >= 4 is 11.9 Å². The summed E-state index contributed by atoms with van der Waals surface area (Å²) in [4.78, 5) is 18.1. The van der Waals surface area contributed by atoms with E-state index in [0.717, 1.165) is 0 Å². The van der Waals surface area contributed by atoms with Crippen LogP contribution in [-0.4, -0.2) is 56.0 Å². The molecule has 0 saturated carbocycles. The molecule has 9 heteroatoms. The molecule has 0 amide bonds. The first-order valence-corrected chi connectivity index (χ1v) is 6.25. The Balaban J connectivity index is 2.11. The zero-order valence-corrected chi connectivity index (χ0v) is 11.8. The van der Waals surface area contributed by atoms with E-state index < -0.39 is 0 Å². The van der Waals surface area contributed by atoms with Gasteiger partial charge in [0, 0.05) is 13.6 Å². The minimum absolute atomic E-state index is 0.136. The Morgan fingerprint density at radius 3 is 2.80 bits per heavy atom. The average molecular weight is 278 g/mol. The van der Waals surface area contributed by atoms with Crippen LogP contribution in [0.4, 0.5) is 11.9 Å². The molecule has 2 aromatic heterocycles.